The van der Waals surface area contributed by atoms with Crippen molar-refractivity contribution < 1.29 is 5.11 Å². The first kappa shape index (κ1) is 14.9. The van der Waals surface area contributed by atoms with E-state index in [9.17, 15) is 5.11 Å². The van der Waals surface area contributed by atoms with Crippen molar-refractivity contribution in [3.63, 3.8) is 0 Å². The number of phenols is 1. The number of fused-ring (bicyclic) bond motifs is 1. The van der Waals surface area contributed by atoms with Crippen molar-refractivity contribution in [2.45, 2.75) is 18.9 Å². The van der Waals surface area contributed by atoms with Crippen LogP contribution in [0.15, 0.2) is 30.3 Å². The largest absolute Gasteiger partial charge is 0.507 e. The number of nitrogens with zero attached hydrogens (tertiary/aromatic N) is 4. The van der Waals surface area contributed by atoms with Crippen molar-refractivity contribution in [3.8, 4) is 17.0 Å². The third kappa shape index (κ3) is 2.46. The summed E-state index contributed by atoms with van der Waals surface area (Å²) in [7, 11) is 1.84. The van der Waals surface area contributed by atoms with Crippen molar-refractivity contribution in [3.05, 3.63) is 30.3 Å². The number of hydrogen-bond acceptors (Lipinski definition) is 6. The number of anilines is 1. The number of para-hydroxylation sites is 1. The molecule has 0 bridgehead atoms. The van der Waals surface area contributed by atoms with Crippen LogP contribution < -0.4 is 10.6 Å². The van der Waals surface area contributed by atoms with E-state index in [0.29, 0.717) is 17.3 Å². The van der Waals surface area contributed by atoms with Gasteiger partial charge >= 0.3 is 0 Å². The average molecular weight is 324 g/mol. The molecule has 0 spiro atoms. The highest BCUT2D eigenvalue weighted by Gasteiger charge is 2.22. The number of benzene rings is 1. The molecule has 0 saturated carbocycles. The summed E-state index contributed by atoms with van der Waals surface area (Å²) in [5, 5.41) is 29.9. The number of aromatic hydroxyl groups is 1. The lowest BCUT2D eigenvalue weighted by atomic mass is 10.1. The van der Waals surface area contributed by atoms with Crippen molar-refractivity contribution in [2.24, 2.45) is 0 Å². The van der Waals surface area contributed by atoms with Gasteiger partial charge in [0.1, 0.15) is 5.75 Å². The minimum atomic E-state index is 0.202. The van der Waals surface area contributed by atoms with Crippen LogP contribution >= 0.6 is 0 Å². The zero-order valence-electron chi connectivity index (χ0n) is 13.5. The Morgan fingerprint density at radius 3 is 2.75 bits per heavy atom. The van der Waals surface area contributed by atoms with Gasteiger partial charge < -0.3 is 15.7 Å². The van der Waals surface area contributed by atoms with Gasteiger partial charge in [0.15, 0.2) is 11.3 Å². The summed E-state index contributed by atoms with van der Waals surface area (Å²) in [6.45, 7) is 1.98. The highest BCUT2D eigenvalue weighted by atomic mass is 16.3. The molecule has 0 unspecified atom stereocenters. The summed E-state index contributed by atoms with van der Waals surface area (Å²) in [5.74, 6) is 0.938. The minimum Gasteiger partial charge on any atom is -0.507 e. The molecule has 7 nitrogen and oxygen atoms in total. The first-order chi connectivity index (χ1) is 11.8. The van der Waals surface area contributed by atoms with E-state index in [1.807, 2.05) is 25.2 Å². The molecule has 1 aromatic carbocycles. The molecule has 3 N–H and O–H groups in total. The molecule has 124 valence electrons. The van der Waals surface area contributed by atoms with Gasteiger partial charge in [-0.1, -0.05) is 12.1 Å². The van der Waals surface area contributed by atoms with E-state index in [1.165, 1.54) is 0 Å². The molecule has 0 atom stereocenters. The number of rotatable bonds is 3. The Morgan fingerprint density at radius 1 is 1.21 bits per heavy atom. The Labute approximate surface area is 139 Å². The van der Waals surface area contributed by atoms with Crippen LogP contribution in [0.5, 0.6) is 5.75 Å². The molecule has 0 radical (unpaired) electrons. The standard InChI is InChI=1S/C17H20N6O/c1-18-17-16-14(23(22-17)11-6-8-19-9-7-11)10-13(20-21-16)12-4-2-3-5-15(12)24/h2-5,10-11,19,24H,6-9H2,1H3,(H,18,22). The lowest BCUT2D eigenvalue weighted by Crippen LogP contribution is -2.29. The normalized spacial score (nSPS) is 15.7. The summed E-state index contributed by atoms with van der Waals surface area (Å²) in [5.41, 5.74) is 3.03. The van der Waals surface area contributed by atoms with Crippen molar-refractivity contribution >= 4 is 16.9 Å². The van der Waals surface area contributed by atoms with Crippen molar-refractivity contribution in [1.82, 2.24) is 25.3 Å². The number of aromatic nitrogens is 4. The molecular weight excluding hydrogens is 304 g/mol. The summed E-state index contributed by atoms with van der Waals surface area (Å²) in [6.07, 6.45) is 2.07. The minimum absolute atomic E-state index is 0.202. The fourth-order valence-corrected chi connectivity index (χ4v) is 3.25. The zero-order valence-corrected chi connectivity index (χ0v) is 13.5. The van der Waals surface area contributed by atoms with E-state index in [0.717, 1.165) is 42.8 Å². The number of piperidine rings is 1. The van der Waals surface area contributed by atoms with Crippen molar-refractivity contribution in [1.29, 1.82) is 0 Å². The van der Waals surface area contributed by atoms with Crippen LogP contribution in [0.4, 0.5) is 5.82 Å². The second-order valence-electron chi connectivity index (χ2n) is 6.00. The fraction of sp³-hybridized carbons (Fsp3) is 0.353. The maximum absolute atomic E-state index is 10.1. The molecule has 1 aliphatic rings. The van der Waals surface area contributed by atoms with Gasteiger partial charge in [-0.25, -0.2) is 0 Å². The Morgan fingerprint density at radius 2 is 2.00 bits per heavy atom. The van der Waals surface area contributed by atoms with Crippen LogP contribution in [0.1, 0.15) is 18.9 Å². The average Bonchev–Trinajstić information content (AvgIpc) is 3.01. The number of phenolic OH excluding ortho intramolecular Hbond substituents is 1. The van der Waals surface area contributed by atoms with Gasteiger partial charge in [-0.2, -0.15) is 5.10 Å². The van der Waals surface area contributed by atoms with Crippen LogP contribution in [0.25, 0.3) is 22.3 Å². The van der Waals surface area contributed by atoms with E-state index in [2.05, 4.69) is 25.5 Å². The summed E-state index contributed by atoms with van der Waals surface area (Å²) in [6, 6.07) is 9.48. The molecule has 1 fully saturated rings. The molecular formula is C17H20N6O. The Kier molecular flexibility index (Phi) is 3.78. The molecule has 7 heteroatoms. The van der Waals surface area contributed by atoms with Gasteiger partial charge in [0.2, 0.25) is 0 Å². The lowest BCUT2D eigenvalue weighted by Gasteiger charge is -2.23. The highest BCUT2D eigenvalue weighted by molar-refractivity contribution is 5.88. The SMILES string of the molecule is CNc1nn(C2CCNCC2)c2cc(-c3ccccc3O)nnc12. The molecule has 0 aliphatic carbocycles. The first-order valence-electron chi connectivity index (χ1n) is 8.20. The van der Waals surface area contributed by atoms with Crippen LogP contribution in [-0.2, 0) is 0 Å². The molecule has 3 aromatic rings. The third-order valence-corrected chi connectivity index (χ3v) is 4.52. The van der Waals surface area contributed by atoms with Crippen LogP contribution in [0.2, 0.25) is 0 Å². The number of nitrogens with one attached hydrogen (secondary N) is 2. The van der Waals surface area contributed by atoms with E-state index in [4.69, 9.17) is 5.10 Å². The molecule has 1 saturated heterocycles. The predicted octanol–water partition coefficient (Wildman–Crippen LogP) is 2.17. The second-order valence-corrected chi connectivity index (χ2v) is 6.00. The molecule has 1 aliphatic heterocycles. The van der Waals surface area contributed by atoms with Gasteiger partial charge in [-0.15, -0.1) is 10.2 Å². The summed E-state index contributed by atoms with van der Waals surface area (Å²) >= 11 is 0. The predicted molar refractivity (Wildman–Crippen MR) is 93.1 cm³/mol. The topological polar surface area (TPSA) is 87.9 Å². The quantitative estimate of drug-likeness (QED) is 0.684. The van der Waals surface area contributed by atoms with Gasteiger partial charge in [-0.05, 0) is 44.1 Å². The monoisotopic (exact) mass is 324 g/mol. The van der Waals surface area contributed by atoms with Crippen molar-refractivity contribution in [2.75, 3.05) is 25.5 Å². The summed E-state index contributed by atoms with van der Waals surface area (Å²) in [4.78, 5) is 0. The van der Waals surface area contributed by atoms with E-state index in [1.54, 1.807) is 12.1 Å². The maximum atomic E-state index is 10.1. The van der Waals surface area contributed by atoms with E-state index in [-0.39, 0.29) is 5.75 Å². The Balaban J connectivity index is 1.86. The molecule has 24 heavy (non-hydrogen) atoms. The maximum Gasteiger partial charge on any atom is 0.176 e. The van der Waals surface area contributed by atoms with Crippen LogP contribution in [-0.4, -0.2) is 45.2 Å². The van der Waals surface area contributed by atoms with Gasteiger partial charge in [0, 0.05) is 12.6 Å². The third-order valence-electron chi connectivity index (χ3n) is 4.52. The fourth-order valence-electron chi connectivity index (χ4n) is 3.25. The van der Waals surface area contributed by atoms with Gasteiger partial charge in [-0.3, -0.25) is 4.68 Å². The second kappa shape index (κ2) is 6.09. The first-order valence-corrected chi connectivity index (χ1v) is 8.20. The van der Waals surface area contributed by atoms with E-state index >= 15 is 0 Å². The van der Waals surface area contributed by atoms with Crippen LogP contribution in [0.3, 0.4) is 0 Å². The molecule has 3 heterocycles. The van der Waals surface area contributed by atoms with Gasteiger partial charge in [0.05, 0.1) is 17.3 Å². The smallest absolute Gasteiger partial charge is 0.176 e. The van der Waals surface area contributed by atoms with Crippen LogP contribution in [0, 0.1) is 0 Å². The Bertz CT molecular complexity index is 869. The lowest BCUT2D eigenvalue weighted by molar-refractivity contribution is 0.352. The van der Waals surface area contributed by atoms with E-state index < -0.39 is 0 Å². The summed E-state index contributed by atoms with van der Waals surface area (Å²) < 4.78 is 2.06. The highest BCUT2D eigenvalue weighted by Crippen LogP contribution is 2.32. The zero-order chi connectivity index (χ0) is 16.5. The van der Waals surface area contributed by atoms with Gasteiger partial charge in [0.25, 0.3) is 0 Å². The Hall–Kier alpha value is -2.67. The number of hydrogen-bond donors (Lipinski definition) is 3. The molecule has 0 amide bonds. The molecule has 2 aromatic heterocycles. The molecule has 4 rings (SSSR count).